The molecule has 3 aromatic rings. The van der Waals surface area contributed by atoms with Crippen LogP contribution in [0.15, 0.2) is 66.9 Å². The van der Waals surface area contributed by atoms with Crippen LogP contribution in [0.5, 0.6) is 0 Å². The highest BCUT2D eigenvalue weighted by Gasteiger charge is 2.42. The smallest absolute Gasteiger partial charge is 0.255 e. The maximum absolute atomic E-state index is 13.3. The van der Waals surface area contributed by atoms with Gasteiger partial charge in [-0.1, -0.05) is 55.0 Å². The normalized spacial score (nSPS) is 23.8. The van der Waals surface area contributed by atoms with Crippen molar-refractivity contribution in [3.8, 4) is 16.9 Å². The summed E-state index contributed by atoms with van der Waals surface area (Å²) >= 11 is 0. The van der Waals surface area contributed by atoms with Gasteiger partial charge in [0.15, 0.2) is 0 Å². The van der Waals surface area contributed by atoms with Crippen LogP contribution in [0.2, 0.25) is 0 Å². The van der Waals surface area contributed by atoms with Crippen molar-refractivity contribution in [1.82, 2.24) is 15.1 Å². The number of nitrogens with zero attached hydrogens (tertiary/aromatic N) is 2. The second kappa shape index (κ2) is 7.51. The van der Waals surface area contributed by atoms with Crippen LogP contribution in [0.1, 0.15) is 43.0 Å². The predicted molar refractivity (Wildman–Crippen MR) is 115 cm³/mol. The molecule has 0 spiro atoms. The van der Waals surface area contributed by atoms with Crippen LogP contribution in [0.25, 0.3) is 16.9 Å². The van der Waals surface area contributed by atoms with Gasteiger partial charge < -0.3 is 5.32 Å². The molecule has 148 valence electrons. The maximum Gasteiger partial charge on any atom is 0.255 e. The largest absolute Gasteiger partial charge is 0.349 e. The number of fused-ring (bicyclic) bond motifs is 2. The van der Waals surface area contributed by atoms with E-state index < -0.39 is 0 Å². The molecule has 0 unspecified atom stereocenters. The van der Waals surface area contributed by atoms with E-state index in [1.807, 2.05) is 66.9 Å². The molecule has 29 heavy (non-hydrogen) atoms. The molecule has 1 N–H and O–H groups in total. The third kappa shape index (κ3) is 3.48. The highest BCUT2D eigenvalue weighted by molar-refractivity contribution is 6.00. The standard InChI is InChI=1S/C25H27N3O/c1-17(22-15-18-12-13-20(22)14-18)26-25(29)23-16-28(21-10-6-3-7-11-21)27-24(23)19-8-4-2-5-9-19/h2-11,16-18,20,22H,12-15H2,1H3,(H,26,29)/t17-,18-,20-,22-/m0/s1. The Kier molecular flexibility index (Phi) is 4.70. The van der Waals surface area contributed by atoms with Gasteiger partial charge in [0, 0.05) is 17.8 Å². The van der Waals surface area contributed by atoms with E-state index in [2.05, 4.69) is 12.2 Å². The molecule has 1 amide bonds. The summed E-state index contributed by atoms with van der Waals surface area (Å²) < 4.78 is 1.81. The summed E-state index contributed by atoms with van der Waals surface area (Å²) in [6, 6.07) is 20.1. The predicted octanol–water partition coefficient (Wildman–Crippen LogP) is 5.09. The lowest BCUT2D eigenvalue weighted by atomic mass is 9.84. The van der Waals surface area contributed by atoms with Gasteiger partial charge in [0.1, 0.15) is 5.69 Å². The van der Waals surface area contributed by atoms with E-state index in [0.717, 1.165) is 28.8 Å². The average Bonchev–Trinajstić information content (AvgIpc) is 3.50. The van der Waals surface area contributed by atoms with E-state index in [-0.39, 0.29) is 11.9 Å². The van der Waals surface area contributed by atoms with Crippen molar-refractivity contribution in [3.63, 3.8) is 0 Å². The summed E-state index contributed by atoms with van der Waals surface area (Å²) in [6.07, 6.45) is 7.19. The Morgan fingerprint density at radius 2 is 1.76 bits per heavy atom. The van der Waals surface area contributed by atoms with E-state index in [9.17, 15) is 4.79 Å². The summed E-state index contributed by atoms with van der Waals surface area (Å²) in [5, 5.41) is 8.08. The van der Waals surface area contributed by atoms with E-state index in [0.29, 0.717) is 11.5 Å². The number of hydrogen-bond donors (Lipinski definition) is 1. The molecule has 2 fully saturated rings. The average molecular weight is 386 g/mol. The Labute approximate surface area is 172 Å². The summed E-state index contributed by atoms with van der Waals surface area (Å²) in [5.74, 6) is 2.25. The molecule has 5 rings (SSSR count). The molecular formula is C25H27N3O. The third-order valence-corrected chi connectivity index (χ3v) is 6.82. The van der Waals surface area contributed by atoms with Gasteiger partial charge >= 0.3 is 0 Å². The Balaban J connectivity index is 1.44. The zero-order valence-electron chi connectivity index (χ0n) is 16.8. The molecule has 0 saturated heterocycles. The number of carbonyl (C=O) groups is 1. The van der Waals surface area contributed by atoms with Crippen LogP contribution in [0.4, 0.5) is 0 Å². The van der Waals surface area contributed by atoms with Crippen LogP contribution in [-0.2, 0) is 0 Å². The van der Waals surface area contributed by atoms with Gasteiger partial charge in [0.2, 0.25) is 0 Å². The number of benzene rings is 2. The number of carbonyl (C=O) groups excluding carboxylic acids is 1. The summed E-state index contributed by atoms with van der Waals surface area (Å²) in [6.45, 7) is 2.17. The summed E-state index contributed by atoms with van der Waals surface area (Å²) in [5.41, 5.74) is 3.27. The van der Waals surface area contributed by atoms with Gasteiger partial charge in [-0.05, 0) is 56.1 Å². The minimum atomic E-state index is -0.0266. The minimum Gasteiger partial charge on any atom is -0.349 e. The number of amides is 1. The minimum absolute atomic E-state index is 0.0266. The fourth-order valence-corrected chi connectivity index (χ4v) is 5.36. The summed E-state index contributed by atoms with van der Waals surface area (Å²) in [4.78, 5) is 13.3. The quantitative estimate of drug-likeness (QED) is 0.665. The Morgan fingerprint density at radius 3 is 2.41 bits per heavy atom. The first kappa shape index (κ1) is 18.2. The molecule has 4 atom stereocenters. The van der Waals surface area contributed by atoms with E-state index in [1.54, 1.807) is 4.68 Å². The number of aromatic nitrogens is 2. The zero-order chi connectivity index (χ0) is 19.8. The second-order valence-electron chi connectivity index (χ2n) is 8.64. The van der Waals surface area contributed by atoms with Crippen molar-refractivity contribution in [3.05, 3.63) is 72.4 Å². The van der Waals surface area contributed by atoms with Gasteiger partial charge in [0.05, 0.1) is 11.3 Å². The molecule has 4 nitrogen and oxygen atoms in total. The van der Waals surface area contributed by atoms with Gasteiger partial charge in [-0.3, -0.25) is 4.79 Å². The Hall–Kier alpha value is -2.88. The van der Waals surface area contributed by atoms with Gasteiger partial charge in [-0.2, -0.15) is 5.10 Å². The first-order chi connectivity index (χ1) is 14.2. The Bertz CT molecular complexity index is 995. The number of rotatable bonds is 5. The molecule has 2 bridgehead atoms. The lowest BCUT2D eigenvalue weighted by molar-refractivity contribution is 0.0916. The lowest BCUT2D eigenvalue weighted by Crippen LogP contribution is -2.40. The van der Waals surface area contributed by atoms with Crippen molar-refractivity contribution in [2.45, 2.75) is 38.6 Å². The van der Waals surface area contributed by atoms with E-state index >= 15 is 0 Å². The molecule has 0 aliphatic heterocycles. The first-order valence-electron chi connectivity index (χ1n) is 10.7. The number of hydrogen-bond acceptors (Lipinski definition) is 2. The fourth-order valence-electron chi connectivity index (χ4n) is 5.36. The van der Waals surface area contributed by atoms with Crippen molar-refractivity contribution in [2.24, 2.45) is 17.8 Å². The van der Waals surface area contributed by atoms with Crippen molar-refractivity contribution < 1.29 is 4.79 Å². The highest BCUT2D eigenvalue weighted by atomic mass is 16.1. The molecule has 2 aromatic carbocycles. The van der Waals surface area contributed by atoms with E-state index in [1.165, 1.54) is 25.7 Å². The second-order valence-corrected chi connectivity index (χ2v) is 8.64. The SMILES string of the molecule is C[C@H](NC(=O)c1cn(-c2ccccc2)nc1-c1ccccc1)[C@@H]1C[C@H]2CC[C@H]1C2. The van der Waals surface area contributed by atoms with Crippen molar-refractivity contribution in [2.75, 3.05) is 0 Å². The van der Waals surface area contributed by atoms with Crippen LogP contribution >= 0.6 is 0 Å². The van der Waals surface area contributed by atoms with Gasteiger partial charge in [-0.25, -0.2) is 4.68 Å². The van der Waals surface area contributed by atoms with Crippen molar-refractivity contribution >= 4 is 5.91 Å². The van der Waals surface area contributed by atoms with E-state index in [4.69, 9.17) is 5.10 Å². The zero-order valence-corrected chi connectivity index (χ0v) is 16.8. The molecule has 4 heteroatoms. The van der Waals surface area contributed by atoms with Crippen LogP contribution in [0, 0.1) is 17.8 Å². The fraction of sp³-hybridized carbons (Fsp3) is 0.360. The topological polar surface area (TPSA) is 46.9 Å². The molecule has 0 radical (unpaired) electrons. The Morgan fingerprint density at radius 1 is 1.03 bits per heavy atom. The molecule has 1 heterocycles. The monoisotopic (exact) mass is 385 g/mol. The highest BCUT2D eigenvalue weighted by Crippen LogP contribution is 2.49. The summed E-state index contributed by atoms with van der Waals surface area (Å²) in [7, 11) is 0. The first-order valence-corrected chi connectivity index (χ1v) is 10.7. The number of para-hydroxylation sites is 1. The van der Waals surface area contributed by atoms with Crippen LogP contribution in [0.3, 0.4) is 0 Å². The maximum atomic E-state index is 13.3. The molecular weight excluding hydrogens is 358 g/mol. The molecule has 2 aliphatic rings. The van der Waals surface area contributed by atoms with Gasteiger partial charge in [-0.15, -0.1) is 0 Å². The molecule has 2 aliphatic carbocycles. The lowest BCUT2D eigenvalue weighted by Gasteiger charge is -2.28. The van der Waals surface area contributed by atoms with Crippen LogP contribution in [-0.4, -0.2) is 21.7 Å². The molecule has 2 saturated carbocycles. The van der Waals surface area contributed by atoms with Gasteiger partial charge in [0.25, 0.3) is 5.91 Å². The number of nitrogens with one attached hydrogen (secondary N) is 1. The van der Waals surface area contributed by atoms with Crippen molar-refractivity contribution in [1.29, 1.82) is 0 Å². The van der Waals surface area contributed by atoms with Crippen LogP contribution < -0.4 is 5.32 Å². The molecule has 1 aromatic heterocycles. The third-order valence-electron chi connectivity index (χ3n) is 6.82.